The number of hydrogen-bond donors (Lipinski definition) is 2. The lowest BCUT2D eigenvalue weighted by atomic mass is 9.62. The third-order valence-corrected chi connectivity index (χ3v) is 3.29. The van der Waals surface area contributed by atoms with E-state index in [4.69, 9.17) is 10.0 Å². The highest BCUT2D eigenvalue weighted by atomic mass is 19.3. The molecule has 68 valence electrons. The van der Waals surface area contributed by atoms with Gasteiger partial charge < -0.3 is 10.0 Å². The molecule has 0 aromatic carbocycles. The molecule has 2 saturated carbocycles. The average Bonchev–Trinajstić information content (AvgIpc) is 2.60. The molecule has 0 aromatic heterocycles. The minimum absolute atomic E-state index is 0.162. The van der Waals surface area contributed by atoms with E-state index in [0.717, 1.165) is 0 Å². The van der Waals surface area contributed by atoms with Gasteiger partial charge in [0.2, 0.25) is 5.92 Å². The molecule has 2 aliphatic rings. The van der Waals surface area contributed by atoms with Crippen LogP contribution in [0.5, 0.6) is 0 Å². The molecular formula is C7H11BF2O2. The standard InChI is InChI=1S/C7H11BF2O2/c9-7(10)2-1-6(8(11)12)3-5(6)4-7/h5,11-12H,1-4H2. The Bertz CT molecular complexity index is 210. The van der Waals surface area contributed by atoms with Gasteiger partial charge in [-0.3, -0.25) is 0 Å². The van der Waals surface area contributed by atoms with Crippen LogP contribution in [0.1, 0.15) is 25.7 Å². The molecular weight excluding hydrogens is 165 g/mol. The number of alkyl halides is 2. The summed E-state index contributed by atoms with van der Waals surface area (Å²) in [6.45, 7) is 0. The van der Waals surface area contributed by atoms with E-state index in [1.807, 2.05) is 0 Å². The molecule has 2 fully saturated rings. The van der Waals surface area contributed by atoms with Gasteiger partial charge >= 0.3 is 7.12 Å². The Morgan fingerprint density at radius 1 is 1.17 bits per heavy atom. The minimum Gasteiger partial charge on any atom is -0.427 e. The molecule has 0 aromatic rings. The highest BCUT2D eigenvalue weighted by Crippen LogP contribution is 2.70. The second kappa shape index (κ2) is 2.20. The molecule has 0 amide bonds. The van der Waals surface area contributed by atoms with Crippen molar-refractivity contribution in [2.75, 3.05) is 0 Å². The highest BCUT2D eigenvalue weighted by molar-refractivity contribution is 6.47. The summed E-state index contributed by atoms with van der Waals surface area (Å²) in [4.78, 5) is 0. The lowest BCUT2D eigenvalue weighted by Gasteiger charge is -2.27. The van der Waals surface area contributed by atoms with Gasteiger partial charge in [0.1, 0.15) is 0 Å². The zero-order chi connectivity index (χ0) is 8.98. The fourth-order valence-corrected chi connectivity index (χ4v) is 2.30. The van der Waals surface area contributed by atoms with Crippen LogP contribution in [-0.2, 0) is 0 Å². The van der Waals surface area contributed by atoms with Gasteiger partial charge in [0.05, 0.1) is 0 Å². The van der Waals surface area contributed by atoms with E-state index in [2.05, 4.69) is 0 Å². The monoisotopic (exact) mass is 176 g/mol. The van der Waals surface area contributed by atoms with E-state index < -0.39 is 18.4 Å². The molecule has 2 rings (SSSR count). The maximum atomic E-state index is 12.8. The summed E-state index contributed by atoms with van der Waals surface area (Å²) in [5.41, 5.74) is 0. The number of fused-ring (bicyclic) bond motifs is 1. The number of halogens is 2. The van der Waals surface area contributed by atoms with Gasteiger partial charge in [-0.25, -0.2) is 8.78 Å². The molecule has 0 radical (unpaired) electrons. The minimum atomic E-state index is -2.57. The first kappa shape index (κ1) is 8.44. The smallest absolute Gasteiger partial charge is 0.427 e. The van der Waals surface area contributed by atoms with Crippen LogP contribution in [0.15, 0.2) is 0 Å². The van der Waals surface area contributed by atoms with Crippen molar-refractivity contribution in [1.29, 1.82) is 0 Å². The van der Waals surface area contributed by atoms with E-state index >= 15 is 0 Å². The third kappa shape index (κ3) is 1.07. The van der Waals surface area contributed by atoms with Crippen molar-refractivity contribution in [1.82, 2.24) is 0 Å². The van der Waals surface area contributed by atoms with Crippen LogP contribution in [0.25, 0.3) is 0 Å². The third-order valence-electron chi connectivity index (χ3n) is 3.29. The van der Waals surface area contributed by atoms with E-state index in [1.54, 1.807) is 0 Å². The quantitative estimate of drug-likeness (QED) is 0.586. The molecule has 0 saturated heterocycles. The molecule has 0 heterocycles. The SMILES string of the molecule is OB(O)C12CCC(F)(F)CC1C2. The van der Waals surface area contributed by atoms with Gasteiger partial charge in [0.15, 0.2) is 0 Å². The van der Waals surface area contributed by atoms with Crippen LogP contribution in [0.4, 0.5) is 8.78 Å². The fourth-order valence-electron chi connectivity index (χ4n) is 2.30. The van der Waals surface area contributed by atoms with Crippen molar-refractivity contribution in [2.45, 2.75) is 36.9 Å². The summed E-state index contributed by atoms with van der Waals surface area (Å²) >= 11 is 0. The maximum absolute atomic E-state index is 12.8. The summed E-state index contributed by atoms with van der Waals surface area (Å²) in [7, 11) is -1.40. The molecule has 2 nitrogen and oxygen atoms in total. The molecule has 0 spiro atoms. The van der Waals surface area contributed by atoms with E-state index in [0.29, 0.717) is 6.42 Å². The molecule has 2 aliphatic carbocycles. The molecule has 2 atom stereocenters. The second-order valence-corrected chi connectivity index (χ2v) is 4.07. The van der Waals surface area contributed by atoms with Crippen molar-refractivity contribution in [2.24, 2.45) is 5.92 Å². The van der Waals surface area contributed by atoms with Crippen molar-refractivity contribution in [3.05, 3.63) is 0 Å². The molecule has 5 heteroatoms. The Morgan fingerprint density at radius 2 is 1.83 bits per heavy atom. The normalized spacial score (nSPS) is 43.5. The Labute approximate surface area is 69.7 Å². The van der Waals surface area contributed by atoms with Crippen molar-refractivity contribution in [3.8, 4) is 0 Å². The van der Waals surface area contributed by atoms with E-state index in [1.165, 1.54) is 0 Å². The summed E-state index contributed by atoms with van der Waals surface area (Å²) in [5, 5.41) is 17.4. The van der Waals surface area contributed by atoms with Crippen molar-refractivity contribution in [3.63, 3.8) is 0 Å². The predicted octanol–water partition coefficient (Wildman–Crippen LogP) is 1.04. The molecule has 0 aliphatic heterocycles. The molecule has 2 N–H and O–H groups in total. The summed E-state index contributed by atoms with van der Waals surface area (Å²) in [6.07, 6.45) is 0.453. The fraction of sp³-hybridized carbons (Fsp3) is 1.00. The first-order valence-corrected chi connectivity index (χ1v) is 4.20. The van der Waals surface area contributed by atoms with Crippen molar-refractivity contribution >= 4 is 7.12 Å². The summed E-state index contributed by atoms with van der Waals surface area (Å²) in [5.74, 6) is -2.74. The number of rotatable bonds is 1. The first-order valence-electron chi connectivity index (χ1n) is 4.20. The Hall–Kier alpha value is -0.155. The van der Waals surface area contributed by atoms with Crippen molar-refractivity contribution < 1.29 is 18.8 Å². The maximum Gasteiger partial charge on any atom is 0.458 e. The van der Waals surface area contributed by atoms with Crippen LogP contribution >= 0.6 is 0 Å². The van der Waals surface area contributed by atoms with Crippen LogP contribution in [0.2, 0.25) is 5.31 Å². The van der Waals surface area contributed by atoms with E-state index in [-0.39, 0.29) is 25.2 Å². The average molecular weight is 176 g/mol. The lowest BCUT2D eigenvalue weighted by Crippen LogP contribution is -2.31. The predicted molar refractivity (Wildman–Crippen MR) is 39.8 cm³/mol. The highest BCUT2D eigenvalue weighted by Gasteiger charge is 2.66. The largest absolute Gasteiger partial charge is 0.458 e. The zero-order valence-electron chi connectivity index (χ0n) is 6.63. The summed E-state index contributed by atoms with van der Waals surface area (Å²) in [6, 6.07) is 0. The molecule has 0 bridgehead atoms. The molecule has 2 unspecified atom stereocenters. The van der Waals surface area contributed by atoms with Gasteiger partial charge in [-0.2, -0.15) is 0 Å². The van der Waals surface area contributed by atoms with Crippen LogP contribution in [0, 0.1) is 5.92 Å². The van der Waals surface area contributed by atoms with Crippen LogP contribution in [0.3, 0.4) is 0 Å². The Balaban J connectivity index is 2.05. The topological polar surface area (TPSA) is 40.5 Å². The van der Waals surface area contributed by atoms with Gasteiger partial charge in [-0.15, -0.1) is 0 Å². The van der Waals surface area contributed by atoms with E-state index in [9.17, 15) is 8.78 Å². The van der Waals surface area contributed by atoms with Gasteiger partial charge in [-0.05, 0) is 18.8 Å². The first-order chi connectivity index (χ1) is 5.46. The van der Waals surface area contributed by atoms with Gasteiger partial charge in [-0.1, -0.05) is 0 Å². The lowest BCUT2D eigenvalue weighted by molar-refractivity contribution is -0.0378. The summed E-state index contributed by atoms with van der Waals surface area (Å²) < 4.78 is 25.5. The second-order valence-electron chi connectivity index (χ2n) is 4.07. The van der Waals surface area contributed by atoms with Crippen LogP contribution < -0.4 is 0 Å². The Morgan fingerprint density at radius 3 is 2.33 bits per heavy atom. The van der Waals surface area contributed by atoms with Crippen LogP contribution in [-0.4, -0.2) is 23.1 Å². The van der Waals surface area contributed by atoms with Gasteiger partial charge in [0, 0.05) is 18.2 Å². The number of hydrogen-bond acceptors (Lipinski definition) is 2. The molecule has 12 heavy (non-hydrogen) atoms. The Kier molecular flexibility index (Phi) is 1.55. The van der Waals surface area contributed by atoms with Gasteiger partial charge in [0.25, 0.3) is 0 Å². The zero-order valence-corrected chi connectivity index (χ0v) is 6.63.